The van der Waals surface area contributed by atoms with E-state index in [1.54, 1.807) is 44.0 Å². The van der Waals surface area contributed by atoms with Crippen molar-refractivity contribution in [3.63, 3.8) is 0 Å². The number of pyridine rings is 1. The molecule has 9 nitrogen and oxygen atoms in total. The van der Waals surface area contributed by atoms with Crippen LogP contribution in [0, 0.1) is 12.7 Å². The summed E-state index contributed by atoms with van der Waals surface area (Å²) in [5, 5.41) is 9.18. The standard InChI is InChI=1S/C22H27FN8O/c1-13-11-31-12-14(8-16(23)21(31)28-13)29-22(32)19-17(26-3)9-18(15(10-25-2)20(19)24)30-6-4-27-5-7-30/h8-12,26-27H,4-7,24H2,1-3H3,(H,29,32). The Kier molecular flexibility index (Phi) is 5.95. The number of imidazole rings is 1. The number of halogens is 1. The molecule has 4 rings (SSSR count). The van der Waals surface area contributed by atoms with E-state index >= 15 is 0 Å². The molecular formula is C22H27FN8O. The first kappa shape index (κ1) is 21.6. The van der Waals surface area contributed by atoms with E-state index in [0.717, 1.165) is 31.9 Å². The molecule has 0 unspecified atom stereocenters. The minimum Gasteiger partial charge on any atom is -0.397 e. The first-order valence-electron chi connectivity index (χ1n) is 10.4. The van der Waals surface area contributed by atoms with Crippen LogP contribution >= 0.6 is 0 Å². The molecular weight excluding hydrogens is 411 g/mol. The van der Waals surface area contributed by atoms with Gasteiger partial charge in [-0.05, 0) is 13.0 Å². The van der Waals surface area contributed by atoms with Crippen molar-refractivity contribution in [3.05, 3.63) is 47.2 Å². The summed E-state index contributed by atoms with van der Waals surface area (Å²) in [6, 6.07) is 3.16. The van der Waals surface area contributed by atoms with E-state index in [-0.39, 0.29) is 11.2 Å². The van der Waals surface area contributed by atoms with E-state index in [2.05, 4.69) is 30.8 Å². The van der Waals surface area contributed by atoms with Gasteiger partial charge in [0.2, 0.25) is 0 Å². The zero-order valence-electron chi connectivity index (χ0n) is 18.4. The Morgan fingerprint density at radius 2 is 2.06 bits per heavy atom. The molecule has 0 radical (unpaired) electrons. The van der Waals surface area contributed by atoms with E-state index in [4.69, 9.17) is 5.73 Å². The van der Waals surface area contributed by atoms with Crippen LogP contribution in [0.4, 0.5) is 27.1 Å². The molecule has 1 saturated heterocycles. The fraction of sp³-hybridized carbons (Fsp3) is 0.318. The number of carbonyl (C=O) groups is 1. The number of nitrogen functional groups attached to an aromatic ring is 1. The van der Waals surface area contributed by atoms with Gasteiger partial charge in [0.15, 0.2) is 11.5 Å². The van der Waals surface area contributed by atoms with Gasteiger partial charge in [-0.3, -0.25) is 9.79 Å². The molecule has 168 valence electrons. The Morgan fingerprint density at radius 1 is 1.31 bits per heavy atom. The molecule has 2 aromatic heterocycles. The van der Waals surface area contributed by atoms with Crippen molar-refractivity contribution >= 4 is 40.5 Å². The molecule has 0 aliphatic carbocycles. The summed E-state index contributed by atoms with van der Waals surface area (Å²) in [4.78, 5) is 23.8. The van der Waals surface area contributed by atoms with Crippen molar-refractivity contribution in [1.29, 1.82) is 0 Å². The third-order valence-corrected chi connectivity index (χ3v) is 5.48. The molecule has 1 aliphatic rings. The maximum absolute atomic E-state index is 14.5. The Morgan fingerprint density at radius 3 is 2.75 bits per heavy atom. The van der Waals surface area contributed by atoms with Crippen LogP contribution in [0.1, 0.15) is 21.6 Å². The van der Waals surface area contributed by atoms with Crippen LogP contribution < -0.4 is 26.6 Å². The van der Waals surface area contributed by atoms with Gasteiger partial charge in [0, 0.05) is 76.2 Å². The first-order valence-corrected chi connectivity index (χ1v) is 10.4. The van der Waals surface area contributed by atoms with Crippen LogP contribution in [-0.4, -0.2) is 61.8 Å². The van der Waals surface area contributed by atoms with E-state index in [1.165, 1.54) is 6.07 Å². The summed E-state index contributed by atoms with van der Waals surface area (Å²) in [6.45, 7) is 5.15. The van der Waals surface area contributed by atoms with E-state index in [1.807, 2.05) is 6.07 Å². The van der Waals surface area contributed by atoms with Crippen LogP contribution in [0.25, 0.3) is 5.65 Å². The van der Waals surface area contributed by atoms with E-state index in [0.29, 0.717) is 28.3 Å². The highest BCUT2D eigenvalue weighted by molar-refractivity contribution is 6.15. The summed E-state index contributed by atoms with van der Waals surface area (Å²) in [7, 11) is 3.40. The number of nitrogens with one attached hydrogen (secondary N) is 3. The molecule has 32 heavy (non-hydrogen) atoms. The summed E-state index contributed by atoms with van der Waals surface area (Å²) in [5.41, 5.74) is 10.5. The maximum atomic E-state index is 14.5. The predicted molar refractivity (Wildman–Crippen MR) is 127 cm³/mol. The van der Waals surface area contributed by atoms with Gasteiger partial charge in [-0.25, -0.2) is 9.37 Å². The molecule has 1 amide bonds. The third-order valence-electron chi connectivity index (χ3n) is 5.48. The normalized spacial score (nSPS) is 14.3. The van der Waals surface area contributed by atoms with Gasteiger partial charge in [0.25, 0.3) is 5.91 Å². The minimum atomic E-state index is -0.523. The summed E-state index contributed by atoms with van der Waals surface area (Å²) >= 11 is 0. The molecule has 0 bridgehead atoms. The van der Waals surface area contributed by atoms with E-state index in [9.17, 15) is 9.18 Å². The zero-order valence-corrected chi connectivity index (χ0v) is 18.4. The first-order chi connectivity index (χ1) is 15.4. The quantitative estimate of drug-likeness (QED) is 0.359. The van der Waals surface area contributed by atoms with Crippen LogP contribution in [0.5, 0.6) is 0 Å². The smallest absolute Gasteiger partial charge is 0.259 e. The summed E-state index contributed by atoms with van der Waals surface area (Å²) in [6.07, 6.45) is 4.98. The number of anilines is 4. The van der Waals surface area contributed by atoms with Gasteiger partial charge in [-0.15, -0.1) is 0 Å². The number of carbonyl (C=O) groups excluding carboxylic acids is 1. The average Bonchev–Trinajstić information content (AvgIpc) is 3.16. The minimum absolute atomic E-state index is 0.206. The fourth-order valence-electron chi connectivity index (χ4n) is 4.02. The Labute approximate surface area is 185 Å². The van der Waals surface area contributed by atoms with Crippen LogP contribution in [0.3, 0.4) is 0 Å². The molecule has 3 aromatic rings. The molecule has 0 saturated carbocycles. The maximum Gasteiger partial charge on any atom is 0.259 e. The monoisotopic (exact) mass is 438 g/mol. The van der Waals surface area contributed by atoms with Crippen LogP contribution in [0.2, 0.25) is 0 Å². The molecule has 1 aliphatic heterocycles. The van der Waals surface area contributed by atoms with Gasteiger partial charge in [0.05, 0.1) is 28.3 Å². The number of aryl methyl sites for hydroxylation is 1. The predicted octanol–water partition coefficient (Wildman–Crippen LogP) is 2.12. The Bertz CT molecular complexity index is 1200. The third kappa shape index (κ3) is 3.96. The number of amides is 1. The van der Waals surface area contributed by atoms with Crippen molar-refractivity contribution in [2.45, 2.75) is 6.92 Å². The molecule has 3 heterocycles. The number of aliphatic imine (C=N–C) groups is 1. The number of benzene rings is 1. The van der Waals surface area contributed by atoms with Gasteiger partial charge in [-0.1, -0.05) is 0 Å². The molecule has 0 atom stereocenters. The molecule has 1 aromatic carbocycles. The van der Waals surface area contributed by atoms with Crippen molar-refractivity contribution < 1.29 is 9.18 Å². The van der Waals surface area contributed by atoms with Crippen molar-refractivity contribution in [3.8, 4) is 0 Å². The SMILES string of the molecule is CN=Cc1c(N2CCNCC2)cc(NC)c(C(=O)Nc2cc(F)c3nc(C)cn3c2)c1N. The van der Waals surface area contributed by atoms with Gasteiger partial charge >= 0.3 is 0 Å². The number of rotatable bonds is 5. The molecule has 1 fully saturated rings. The van der Waals surface area contributed by atoms with Crippen LogP contribution in [-0.2, 0) is 0 Å². The average molecular weight is 439 g/mol. The van der Waals surface area contributed by atoms with Crippen molar-refractivity contribution in [2.24, 2.45) is 4.99 Å². The fourth-order valence-corrected chi connectivity index (χ4v) is 4.02. The second-order valence-corrected chi connectivity index (χ2v) is 7.66. The molecule has 5 N–H and O–H groups in total. The summed E-state index contributed by atoms with van der Waals surface area (Å²) in [5.74, 6) is -0.967. The lowest BCUT2D eigenvalue weighted by Crippen LogP contribution is -2.44. The molecule has 0 spiro atoms. The second-order valence-electron chi connectivity index (χ2n) is 7.66. The summed E-state index contributed by atoms with van der Waals surface area (Å²) < 4.78 is 16.0. The number of nitrogens with zero attached hydrogens (tertiary/aromatic N) is 4. The zero-order chi connectivity index (χ0) is 22.8. The number of piperazine rings is 1. The Hall–Kier alpha value is -3.66. The number of nitrogens with two attached hydrogens (primary N) is 1. The van der Waals surface area contributed by atoms with Crippen molar-refractivity contribution in [1.82, 2.24) is 14.7 Å². The van der Waals surface area contributed by atoms with Gasteiger partial charge in [0.1, 0.15) is 0 Å². The van der Waals surface area contributed by atoms with Crippen LogP contribution in [0.15, 0.2) is 29.5 Å². The lowest BCUT2D eigenvalue weighted by Gasteiger charge is -2.32. The second kappa shape index (κ2) is 8.83. The number of fused-ring (bicyclic) bond motifs is 1. The lowest BCUT2D eigenvalue weighted by molar-refractivity contribution is 0.102. The van der Waals surface area contributed by atoms with Crippen molar-refractivity contribution in [2.75, 3.05) is 61.5 Å². The van der Waals surface area contributed by atoms with E-state index < -0.39 is 11.7 Å². The number of hydrogen-bond donors (Lipinski definition) is 4. The van der Waals surface area contributed by atoms with Gasteiger partial charge < -0.3 is 31.0 Å². The highest BCUT2D eigenvalue weighted by Crippen LogP contribution is 2.35. The Balaban J connectivity index is 1.75. The highest BCUT2D eigenvalue weighted by atomic mass is 19.1. The lowest BCUT2D eigenvalue weighted by atomic mass is 10.0. The number of aromatic nitrogens is 2. The largest absolute Gasteiger partial charge is 0.397 e. The number of hydrogen-bond acceptors (Lipinski definition) is 7. The topological polar surface area (TPSA) is 112 Å². The highest BCUT2D eigenvalue weighted by Gasteiger charge is 2.24. The molecule has 10 heteroatoms. The van der Waals surface area contributed by atoms with Gasteiger partial charge in [-0.2, -0.15) is 0 Å².